The van der Waals surface area contributed by atoms with Crippen LogP contribution in [-0.4, -0.2) is 54.4 Å². The van der Waals surface area contributed by atoms with Crippen LogP contribution in [0.2, 0.25) is 0 Å². The number of aromatic nitrogens is 1. The summed E-state index contributed by atoms with van der Waals surface area (Å²) in [5.41, 5.74) is 0.952. The monoisotopic (exact) mass is 595 g/mol. The lowest BCUT2D eigenvalue weighted by Gasteiger charge is -2.36. The molecule has 2 amide bonds. The molecule has 4 rings (SSSR count). The highest BCUT2D eigenvalue weighted by Crippen LogP contribution is 2.34. The first-order chi connectivity index (χ1) is 17.5. The Balaban J connectivity index is 1.55. The average molecular weight is 596 g/mol. The Labute approximate surface area is 224 Å². The van der Waals surface area contributed by atoms with Gasteiger partial charge in [0.25, 0.3) is 11.8 Å². The second-order valence-electron chi connectivity index (χ2n) is 8.60. The minimum Gasteiger partial charge on any atom is -0.369 e. The van der Waals surface area contributed by atoms with Gasteiger partial charge in [-0.05, 0) is 65.3 Å². The third-order valence-electron chi connectivity index (χ3n) is 6.14. The van der Waals surface area contributed by atoms with Gasteiger partial charge in [0.1, 0.15) is 4.88 Å². The van der Waals surface area contributed by atoms with Crippen molar-refractivity contribution in [2.75, 3.05) is 48.3 Å². The molecule has 1 fully saturated rings. The summed E-state index contributed by atoms with van der Waals surface area (Å²) in [6.07, 6.45) is -3.15. The van der Waals surface area contributed by atoms with Gasteiger partial charge in [-0.2, -0.15) is 13.2 Å². The molecule has 0 bridgehead atoms. The van der Waals surface area contributed by atoms with Gasteiger partial charge in [-0.1, -0.05) is 13.0 Å². The van der Waals surface area contributed by atoms with Gasteiger partial charge in [-0.25, -0.2) is 4.98 Å². The molecule has 1 aliphatic rings. The number of nitrogens with one attached hydrogen (secondary N) is 2. The van der Waals surface area contributed by atoms with E-state index in [1.54, 1.807) is 25.1 Å². The number of amides is 2. The van der Waals surface area contributed by atoms with E-state index in [9.17, 15) is 22.8 Å². The zero-order chi connectivity index (χ0) is 26.7. The van der Waals surface area contributed by atoms with E-state index in [1.165, 1.54) is 23.6 Å². The van der Waals surface area contributed by atoms with Crippen LogP contribution in [0.3, 0.4) is 0 Å². The van der Waals surface area contributed by atoms with Crippen molar-refractivity contribution >= 4 is 56.1 Å². The van der Waals surface area contributed by atoms with E-state index in [0.29, 0.717) is 38.9 Å². The highest BCUT2D eigenvalue weighted by molar-refractivity contribution is 9.11. The molecule has 12 heteroatoms. The van der Waals surface area contributed by atoms with E-state index in [2.05, 4.69) is 36.4 Å². The molecular weight excluding hydrogens is 571 g/mol. The number of nitrogens with zero attached hydrogens (tertiary/aromatic N) is 3. The van der Waals surface area contributed by atoms with E-state index < -0.39 is 17.6 Å². The lowest BCUT2D eigenvalue weighted by molar-refractivity contribution is -0.137. The van der Waals surface area contributed by atoms with Crippen LogP contribution in [0.1, 0.15) is 38.1 Å². The molecular formula is C25H25BrF3N5O2S. The maximum Gasteiger partial charge on any atom is 0.416 e. The fraction of sp³-hybridized carbons (Fsp3) is 0.320. The first-order valence-corrected chi connectivity index (χ1v) is 13.2. The molecule has 0 radical (unpaired) electrons. The van der Waals surface area contributed by atoms with Crippen molar-refractivity contribution in [3.8, 4) is 0 Å². The van der Waals surface area contributed by atoms with Gasteiger partial charge in [0, 0.05) is 48.8 Å². The van der Waals surface area contributed by atoms with E-state index in [-0.39, 0.29) is 11.5 Å². The summed E-state index contributed by atoms with van der Waals surface area (Å²) in [6, 6.07) is 8.35. The van der Waals surface area contributed by atoms with Crippen molar-refractivity contribution in [3.63, 3.8) is 0 Å². The third-order valence-corrected chi connectivity index (χ3v) is 7.61. The first kappa shape index (κ1) is 27.1. The average Bonchev–Trinajstić information content (AvgIpc) is 3.31. The molecule has 0 saturated carbocycles. The van der Waals surface area contributed by atoms with E-state index >= 15 is 0 Å². The molecule has 1 saturated heterocycles. The molecule has 0 aliphatic carbocycles. The smallest absolute Gasteiger partial charge is 0.369 e. The summed E-state index contributed by atoms with van der Waals surface area (Å²) >= 11 is 4.40. The second-order valence-corrected chi connectivity index (χ2v) is 10.9. The topological polar surface area (TPSA) is 77.6 Å². The van der Waals surface area contributed by atoms with Crippen LogP contribution >= 0.6 is 27.3 Å². The summed E-state index contributed by atoms with van der Waals surface area (Å²) in [5.74, 6) is -1.03. The number of piperazine rings is 1. The van der Waals surface area contributed by atoms with Crippen LogP contribution in [-0.2, 0) is 6.18 Å². The van der Waals surface area contributed by atoms with E-state index in [1.807, 2.05) is 11.8 Å². The van der Waals surface area contributed by atoms with Gasteiger partial charge in [0.15, 0.2) is 3.92 Å². The molecule has 0 spiro atoms. The molecule has 196 valence electrons. The summed E-state index contributed by atoms with van der Waals surface area (Å²) in [5, 5.41) is 5.45. The standard InChI is InChI=1S/C25H25BrF3N5O2S/c1-3-33-6-8-34(9-7-33)19-11-16(10-17(12-19)25(27,28)29)22(35)31-18-5-4-15(2)20(13-18)32-23(36)21-14-30-24(26)37-21/h4-5,10-14H,3,6-9H2,1-2H3,(H,31,35)(H,32,36). The Morgan fingerprint density at radius 1 is 1.05 bits per heavy atom. The number of aryl methyl sites for hydroxylation is 1. The van der Waals surface area contributed by atoms with Gasteiger partial charge >= 0.3 is 6.18 Å². The zero-order valence-electron chi connectivity index (χ0n) is 20.2. The number of thiazole rings is 1. The van der Waals surface area contributed by atoms with Gasteiger partial charge in [0.05, 0.1) is 11.8 Å². The second kappa shape index (κ2) is 11.2. The van der Waals surface area contributed by atoms with Crippen LogP contribution < -0.4 is 15.5 Å². The lowest BCUT2D eigenvalue weighted by atomic mass is 10.1. The fourth-order valence-electron chi connectivity index (χ4n) is 3.99. The number of hydrogen-bond donors (Lipinski definition) is 2. The largest absolute Gasteiger partial charge is 0.416 e. The van der Waals surface area contributed by atoms with Gasteiger partial charge < -0.3 is 20.4 Å². The lowest BCUT2D eigenvalue weighted by Crippen LogP contribution is -2.46. The van der Waals surface area contributed by atoms with Gasteiger partial charge in [-0.15, -0.1) is 11.3 Å². The van der Waals surface area contributed by atoms with Crippen LogP contribution in [0, 0.1) is 6.92 Å². The van der Waals surface area contributed by atoms with Crippen molar-refractivity contribution in [1.29, 1.82) is 0 Å². The minimum absolute atomic E-state index is 0.0941. The maximum absolute atomic E-state index is 13.7. The highest BCUT2D eigenvalue weighted by atomic mass is 79.9. The molecule has 0 unspecified atom stereocenters. The zero-order valence-corrected chi connectivity index (χ0v) is 22.6. The number of benzene rings is 2. The number of likely N-dealkylation sites (N-methyl/N-ethyl adjacent to an activating group) is 1. The maximum atomic E-state index is 13.7. The van der Waals surface area contributed by atoms with Crippen molar-refractivity contribution in [2.24, 2.45) is 0 Å². The molecule has 2 N–H and O–H groups in total. The Morgan fingerprint density at radius 2 is 1.78 bits per heavy atom. The van der Waals surface area contributed by atoms with Gasteiger partial charge in [0.2, 0.25) is 0 Å². The number of anilines is 3. The van der Waals surface area contributed by atoms with Crippen molar-refractivity contribution in [1.82, 2.24) is 9.88 Å². The molecule has 3 aromatic rings. The predicted molar refractivity (Wildman–Crippen MR) is 143 cm³/mol. The quantitative estimate of drug-likeness (QED) is 0.372. The number of carbonyl (C=O) groups excluding carboxylic acids is 2. The molecule has 1 aliphatic heterocycles. The van der Waals surface area contributed by atoms with Crippen LogP contribution in [0.25, 0.3) is 0 Å². The van der Waals surface area contributed by atoms with Crippen LogP contribution in [0.5, 0.6) is 0 Å². The summed E-state index contributed by atoms with van der Waals surface area (Å²) in [6.45, 7) is 7.35. The van der Waals surface area contributed by atoms with E-state index in [0.717, 1.165) is 37.3 Å². The summed E-state index contributed by atoms with van der Waals surface area (Å²) in [7, 11) is 0. The number of alkyl halides is 3. The Morgan fingerprint density at radius 3 is 2.41 bits per heavy atom. The molecule has 1 aromatic heterocycles. The molecule has 37 heavy (non-hydrogen) atoms. The number of halogens is 4. The number of carbonyl (C=O) groups is 2. The minimum atomic E-state index is -4.59. The Hall–Kier alpha value is -2.96. The Bertz CT molecular complexity index is 1310. The van der Waals surface area contributed by atoms with Crippen molar-refractivity contribution in [2.45, 2.75) is 20.0 Å². The summed E-state index contributed by atoms with van der Waals surface area (Å²) < 4.78 is 41.6. The van der Waals surface area contributed by atoms with Crippen LogP contribution in [0.15, 0.2) is 46.5 Å². The SMILES string of the molecule is CCN1CCN(c2cc(C(=O)Nc3ccc(C)c(NC(=O)c4cnc(Br)s4)c3)cc(C(F)(F)F)c2)CC1. The molecule has 2 heterocycles. The molecule has 7 nitrogen and oxygen atoms in total. The van der Waals surface area contributed by atoms with Crippen molar-refractivity contribution < 1.29 is 22.8 Å². The normalized spacial score (nSPS) is 14.5. The van der Waals surface area contributed by atoms with Gasteiger partial charge in [-0.3, -0.25) is 9.59 Å². The summed E-state index contributed by atoms with van der Waals surface area (Å²) in [4.78, 5) is 34.1. The number of hydrogen-bond acceptors (Lipinski definition) is 6. The van der Waals surface area contributed by atoms with Crippen LogP contribution in [0.4, 0.5) is 30.2 Å². The molecule has 2 aromatic carbocycles. The highest BCUT2D eigenvalue weighted by Gasteiger charge is 2.32. The Kier molecular flexibility index (Phi) is 8.20. The fourth-order valence-corrected chi connectivity index (χ4v) is 5.15. The molecule has 0 atom stereocenters. The third kappa shape index (κ3) is 6.68. The first-order valence-electron chi connectivity index (χ1n) is 11.6. The van der Waals surface area contributed by atoms with E-state index in [4.69, 9.17) is 0 Å². The van der Waals surface area contributed by atoms with Crippen molar-refractivity contribution in [3.05, 3.63) is 68.1 Å². The number of rotatable bonds is 6. The predicted octanol–water partition coefficient (Wildman–Crippen LogP) is 5.88.